The molecule has 0 radical (unpaired) electrons. The predicted octanol–water partition coefficient (Wildman–Crippen LogP) is 3.70. The van der Waals surface area contributed by atoms with Crippen LogP contribution < -0.4 is 20.5 Å². The Hall–Kier alpha value is -3.57. The van der Waals surface area contributed by atoms with E-state index in [1.807, 2.05) is 16.1 Å². The van der Waals surface area contributed by atoms with Gasteiger partial charge in [-0.1, -0.05) is 13.8 Å². The van der Waals surface area contributed by atoms with Gasteiger partial charge in [0.05, 0.1) is 0 Å². The molecule has 0 bridgehead atoms. The maximum absolute atomic E-state index is 11.1. The van der Waals surface area contributed by atoms with Gasteiger partial charge in [0, 0.05) is 29.0 Å². The van der Waals surface area contributed by atoms with E-state index >= 15 is 0 Å². The van der Waals surface area contributed by atoms with Crippen LogP contribution in [0.25, 0.3) is 22.5 Å². The van der Waals surface area contributed by atoms with Gasteiger partial charge in [-0.25, -0.2) is 15.0 Å². The van der Waals surface area contributed by atoms with E-state index in [1.54, 1.807) is 18.5 Å². The molecule has 0 atom stereocenters. The molecule has 10 nitrogen and oxygen atoms in total. The molecule has 34 heavy (non-hydrogen) atoms. The quantitative estimate of drug-likeness (QED) is 0.270. The van der Waals surface area contributed by atoms with Gasteiger partial charge in [0.15, 0.2) is 40.5 Å². The highest BCUT2D eigenvalue weighted by Crippen LogP contribution is 2.43. The first-order valence-electron chi connectivity index (χ1n) is 10.9. The second-order valence-corrected chi connectivity index (χ2v) is 9.11. The van der Waals surface area contributed by atoms with Crippen molar-refractivity contribution < 1.29 is 18.7 Å². The number of aldehydes is 1. The lowest BCUT2D eigenvalue weighted by Gasteiger charge is -2.10. The molecule has 11 heteroatoms. The molecular weight excluding hydrogens is 456 g/mol. The van der Waals surface area contributed by atoms with Crippen LogP contribution in [-0.4, -0.2) is 44.6 Å². The van der Waals surface area contributed by atoms with Crippen molar-refractivity contribution >= 4 is 35.2 Å². The first kappa shape index (κ1) is 22.2. The van der Waals surface area contributed by atoms with Gasteiger partial charge < -0.3 is 24.9 Å². The number of fused-ring (bicyclic) bond motifs is 2. The van der Waals surface area contributed by atoms with E-state index in [4.69, 9.17) is 24.6 Å². The third-order valence-corrected chi connectivity index (χ3v) is 6.25. The first-order valence-corrected chi connectivity index (χ1v) is 11.7. The first-order chi connectivity index (χ1) is 16.5. The third-order valence-electron chi connectivity index (χ3n) is 5.25. The second-order valence-electron chi connectivity index (χ2n) is 8.09. The molecule has 4 heterocycles. The Labute approximate surface area is 200 Å². The summed E-state index contributed by atoms with van der Waals surface area (Å²) in [5, 5.41) is 3.39. The van der Waals surface area contributed by atoms with Gasteiger partial charge in [-0.2, -0.15) is 0 Å². The van der Waals surface area contributed by atoms with Gasteiger partial charge in [0.25, 0.3) is 0 Å². The number of benzene rings is 1. The molecule has 1 aliphatic rings. The topological polar surface area (TPSA) is 130 Å². The van der Waals surface area contributed by atoms with Crippen molar-refractivity contribution in [2.24, 2.45) is 0 Å². The zero-order valence-corrected chi connectivity index (χ0v) is 19.6. The number of carbonyl (C=O) groups excluding carboxylic acids is 1. The lowest BCUT2D eigenvalue weighted by atomic mass is 10.1. The van der Waals surface area contributed by atoms with Crippen molar-refractivity contribution in [1.82, 2.24) is 24.2 Å². The maximum atomic E-state index is 11.1. The molecule has 1 aromatic carbocycles. The minimum absolute atomic E-state index is 0.146. The number of carbonyl (C=O) groups is 1. The van der Waals surface area contributed by atoms with Gasteiger partial charge in [-0.3, -0.25) is 8.77 Å². The molecule has 0 amide bonds. The predicted molar refractivity (Wildman–Crippen MR) is 128 cm³/mol. The minimum atomic E-state index is 0.146. The molecule has 0 saturated carbocycles. The smallest absolute Gasteiger partial charge is 0.231 e. The van der Waals surface area contributed by atoms with Crippen LogP contribution in [0, 0.1) is 0 Å². The molecule has 0 fully saturated rings. The summed E-state index contributed by atoms with van der Waals surface area (Å²) in [6.45, 7) is 5.25. The number of imidazole rings is 1. The standard InChI is InChI=1S/C23H24N6O4S/c1-13(2)25-7-3-4-20-27-22(24)21-23(28-20)29(11-26-21)34-19-9-18-17(31-12-32-18)8-15(19)16-6-5-14(10-30)33-16/h5-6,8-11,13,25H,3-4,7,12H2,1-2H3,(H2,24,27,28). The number of nitrogen functional groups attached to an aromatic ring is 1. The Morgan fingerprint density at radius 1 is 1.24 bits per heavy atom. The SMILES string of the molecule is CC(C)NCCCc1nc(N)c2ncn(Sc3cc4c(cc3-c3ccc(C=O)o3)OCO4)c2n1. The van der Waals surface area contributed by atoms with Crippen LogP contribution in [0.5, 0.6) is 11.5 Å². The molecule has 0 unspecified atom stereocenters. The Balaban J connectivity index is 1.48. The van der Waals surface area contributed by atoms with Crippen molar-refractivity contribution in [3.8, 4) is 22.8 Å². The number of aryl methyl sites for hydroxylation is 1. The number of aromatic nitrogens is 4. The van der Waals surface area contributed by atoms with Crippen LogP contribution in [0.15, 0.2) is 39.9 Å². The van der Waals surface area contributed by atoms with Crippen LogP contribution in [0.1, 0.15) is 36.6 Å². The van der Waals surface area contributed by atoms with Crippen molar-refractivity contribution in [3.05, 3.63) is 42.2 Å². The summed E-state index contributed by atoms with van der Waals surface area (Å²) >= 11 is 1.39. The Morgan fingerprint density at radius 3 is 2.82 bits per heavy atom. The number of hydrogen-bond donors (Lipinski definition) is 2. The van der Waals surface area contributed by atoms with Crippen molar-refractivity contribution in [2.75, 3.05) is 19.1 Å². The summed E-state index contributed by atoms with van der Waals surface area (Å²) < 4.78 is 18.6. The van der Waals surface area contributed by atoms with E-state index in [1.165, 1.54) is 11.9 Å². The number of anilines is 1. The van der Waals surface area contributed by atoms with Crippen molar-refractivity contribution in [2.45, 2.75) is 37.6 Å². The highest BCUT2D eigenvalue weighted by molar-refractivity contribution is 7.98. The van der Waals surface area contributed by atoms with Gasteiger partial charge in [-0.15, -0.1) is 0 Å². The zero-order valence-electron chi connectivity index (χ0n) is 18.8. The summed E-state index contributed by atoms with van der Waals surface area (Å²) in [5.41, 5.74) is 8.12. The number of ether oxygens (including phenoxy) is 2. The number of nitrogens with two attached hydrogens (primary N) is 1. The molecule has 1 aliphatic heterocycles. The van der Waals surface area contributed by atoms with E-state index in [0.717, 1.165) is 23.4 Å². The normalized spacial score (nSPS) is 12.7. The number of hydrogen-bond acceptors (Lipinski definition) is 10. The van der Waals surface area contributed by atoms with Crippen LogP contribution in [0.3, 0.4) is 0 Å². The Bertz CT molecular complexity index is 1350. The van der Waals surface area contributed by atoms with Crippen LogP contribution >= 0.6 is 11.9 Å². The Kier molecular flexibility index (Phi) is 6.12. The summed E-state index contributed by atoms with van der Waals surface area (Å²) in [5.74, 6) is 3.05. The van der Waals surface area contributed by atoms with E-state index in [0.29, 0.717) is 58.8 Å². The summed E-state index contributed by atoms with van der Waals surface area (Å²) in [6, 6.07) is 7.52. The van der Waals surface area contributed by atoms with E-state index in [-0.39, 0.29) is 12.6 Å². The van der Waals surface area contributed by atoms with Gasteiger partial charge in [-0.05, 0) is 43.1 Å². The van der Waals surface area contributed by atoms with E-state index < -0.39 is 0 Å². The lowest BCUT2D eigenvalue weighted by Crippen LogP contribution is -2.24. The molecule has 0 spiro atoms. The van der Waals surface area contributed by atoms with E-state index in [2.05, 4.69) is 29.1 Å². The summed E-state index contributed by atoms with van der Waals surface area (Å²) in [6.07, 6.45) is 3.93. The molecule has 176 valence electrons. The average Bonchev–Trinajstić information content (AvgIpc) is 3.56. The van der Waals surface area contributed by atoms with Crippen LogP contribution in [0.4, 0.5) is 5.82 Å². The van der Waals surface area contributed by atoms with Gasteiger partial charge >= 0.3 is 0 Å². The number of rotatable bonds is 9. The minimum Gasteiger partial charge on any atom is -0.454 e. The largest absolute Gasteiger partial charge is 0.454 e. The summed E-state index contributed by atoms with van der Waals surface area (Å²) in [7, 11) is 0. The monoisotopic (exact) mass is 480 g/mol. The maximum Gasteiger partial charge on any atom is 0.231 e. The Morgan fingerprint density at radius 2 is 2.06 bits per heavy atom. The number of nitrogens with one attached hydrogen (secondary N) is 1. The fraction of sp³-hybridized carbons (Fsp3) is 0.304. The van der Waals surface area contributed by atoms with Crippen LogP contribution in [-0.2, 0) is 6.42 Å². The molecule has 5 rings (SSSR count). The zero-order chi connectivity index (χ0) is 23.7. The fourth-order valence-electron chi connectivity index (χ4n) is 3.62. The highest BCUT2D eigenvalue weighted by Gasteiger charge is 2.22. The van der Waals surface area contributed by atoms with Crippen molar-refractivity contribution in [3.63, 3.8) is 0 Å². The average molecular weight is 481 g/mol. The molecule has 3 aromatic heterocycles. The van der Waals surface area contributed by atoms with Gasteiger partial charge in [0.2, 0.25) is 6.79 Å². The van der Waals surface area contributed by atoms with E-state index in [9.17, 15) is 4.79 Å². The van der Waals surface area contributed by atoms with Gasteiger partial charge in [0.1, 0.15) is 17.9 Å². The lowest BCUT2D eigenvalue weighted by molar-refractivity contribution is 0.110. The molecular formula is C23H24N6O4S. The fourth-order valence-corrected chi connectivity index (χ4v) is 4.56. The highest BCUT2D eigenvalue weighted by atomic mass is 32.2. The number of nitrogens with zero attached hydrogens (tertiary/aromatic N) is 4. The molecule has 4 aromatic rings. The molecule has 0 saturated heterocycles. The van der Waals surface area contributed by atoms with Crippen LogP contribution in [0.2, 0.25) is 0 Å². The molecule has 0 aliphatic carbocycles. The number of furan rings is 1. The third kappa shape index (κ3) is 4.44. The molecule has 3 N–H and O–H groups in total. The van der Waals surface area contributed by atoms with Crippen molar-refractivity contribution in [1.29, 1.82) is 0 Å². The summed E-state index contributed by atoms with van der Waals surface area (Å²) in [4.78, 5) is 25.5. The second kappa shape index (κ2) is 9.35.